The summed E-state index contributed by atoms with van der Waals surface area (Å²) in [5, 5.41) is 27.1. The van der Waals surface area contributed by atoms with Crippen LogP contribution in [0.25, 0.3) is 93.6 Å². The van der Waals surface area contributed by atoms with E-state index in [1.165, 1.54) is 27.2 Å². The van der Waals surface area contributed by atoms with E-state index in [-0.39, 0.29) is 0 Å². The minimum atomic E-state index is 0.561. The molecule has 5 nitrogen and oxygen atoms in total. The summed E-state index contributed by atoms with van der Waals surface area (Å²) in [6.07, 6.45) is 0. The number of aromatic nitrogens is 3. The predicted molar refractivity (Wildman–Crippen MR) is 224 cm³/mol. The minimum Gasteiger partial charge on any atom is -0.309 e. The molecule has 0 aliphatic heterocycles. The van der Waals surface area contributed by atoms with Crippen LogP contribution in [0, 0.1) is 22.7 Å². The van der Waals surface area contributed by atoms with Crippen molar-refractivity contribution in [3.05, 3.63) is 187 Å². The minimum absolute atomic E-state index is 0.561. The molecule has 3 heterocycles. The van der Waals surface area contributed by atoms with Crippen molar-refractivity contribution in [2.75, 3.05) is 0 Å². The molecule has 0 atom stereocenters. The van der Waals surface area contributed by atoms with Crippen LogP contribution < -0.4 is 0 Å². The first-order chi connectivity index (χ1) is 27.2. The van der Waals surface area contributed by atoms with E-state index in [0.29, 0.717) is 11.1 Å². The fourth-order valence-corrected chi connectivity index (χ4v) is 8.84. The van der Waals surface area contributed by atoms with Crippen molar-refractivity contribution in [1.82, 2.24) is 13.7 Å². The van der Waals surface area contributed by atoms with E-state index in [2.05, 4.69) is 159 Å². The monoisotopic (exact) mass is 699 g/mol. The van der Waals surface area contributed by atoms with Crippen molar-refractivity contribution < 1.29 is 0 Å². The van der Waals surface area contributed by atoms with Crippen LogP contribution in [-0.4, -0.2) is 13.7 Å². The van der Waals surface area contributed by atoms with Gasteiger partial charge >= 0.3 is 0 Å². The smallest absolute Gasteiger partial charge is 0.0992 e. The highest BCUT2D eigenvalue weighted by Gasteiger charge is 2.23. The molecule has 0 aliphatic rings. The Balaban J connectivity index is 1.23. The normalized spacial score (nSPS) is 11.6. The first-order valence-electron chi connectivity index (χ1n) is 18.3. The van der Waals surface area contributed by atoms with E-state index in [4.69, 9.17) is 0 Å². The molecular formula is C50H29N5. The lowest BCUT2D eigenvalue weighted by Gasteiger charge is -2.19. The van der Waals surface area contributed by atoms with Gasteiger partial charge in [-0.15, -0.1) is 0 Å². The topological polar surface area (TPSA) is 62.4 Å². The molecule has 0 N–H and O–H groups in total. The maximum absolute atomic E-state index is 10.2. The number of hydrogen-bond acceptors (Lipinski definition) is 2. The molecule has 11 aromatic rings. The van der Waals surface area contributed by atoms with Gasteiger partial charge in [-0.1, -0.05) is 109 Å². The van der Waals surface area contributed by atoms with Gasteiger partial charge in [0.05, 0.1) is 73.4 Å². The molecule has 0 fully saturated rings. The molecule has 0 spiro atoms. The van der Waals surface area contributed by atoms with Crippen LogP contribution >= 0.6 is 0 Å². The number of hydrogen-bond donors (Lipinski definition) is 0. The van der Waals surface area contributed by atoms with Gasteiger partial charge in [0.15, 0.2) is 0 Å². The molecule has 0 aliphatic carbocycles. The molecule has 254 valence electrons. The van der Waals surface area contributed by atoms with Crippen molar-refractivity contribution in [1.29, 1.82) is 10.5 Å². The van der Waals surface area contributed by atoms with E-state index in [9.17, 15) is 10.5 Å². The fourth-order valence-electron chi connectivity index (χ4n) is 8.84. The molecule has 0 saturated heterocycles. The Morgan fingerprint density at radius 1 is 0.309 bits per heavy atom. The van der Waals surface area contributed by atoms with Crippen LogP contribution in [0.1, 0.15) is 11.1 Å². The Labute approximate surface area is 316 Å². The second kappa shape index (κ2) is 11.8. The SMILES string of the molecule is N#Cc1ccc(-c2ccccc2-n2c3ccccc3c3c(-n4c5ccccc5c5ccccc54)cccc32)c(-n2c3ccccc3c3ccc(C#N)cc32)c1. The summed E-state index contributed by atoms with van der Waals surface area (Å²) < 4.78 is 7.01. The van der Waals surface area contributed by atoms with Gasteiger partial charge in [0.1, 0.15) is 0 Å². The summed E-state index contributed by atoms with van der Waals surface area (Å²) in [6, 6.07) is 66.0. The average Bonchev–Trinajstić information content (AvgIpc) is 3.89. The molecule has 0 unspecified atom stereocenters. The van der Waals surface area contributed by atoms with Crippen molar-refractivity contribution in [3.8, 4) is 40.3 Å². The molecule has 5 heteroatoms. The van der Waals surface area contributed by atoms with Gasteiger partial charge in [-0.2, -0.15) is 10.5 Å². The summed E-state index contributed by atoms with van der Waals surface area (Å²) in [5.74, 6) is 0. The van der Waals surface area contributed by atoms with E-state index in [1.54, 1.807) is 0 Å². The van der Waals surface area contributed by atoms with Gasteiger partial charge in [-0.05, 0) is 66.7 Å². The Morgan fingerprint density at radius 3 is 1.40 bits per heavy atom. The van der Waals surface area contributed by atoms with Crippen LogP contribution in [-0.2, 0) is 0 Å². The number of nitrogens with zero attached hydrogens (tertiary/aromatic N) is 5. The Bertz CT molecular complexity index is 3420. The number of rotatable bonds is 4. The van der Waals surface area contributed by atoms with Gasteiger partial charge in [0.2, 0.25) is 0 Å². The van der Waals surface area contributed by atoms with Crippen molar-refractivity contribution in [2.24, 2.45) is 0 Å². The molecule has 0 saturated carbocycles. The Hall–Kier alpha value is -7.86. The summed E-state index contributed by atoms with van der Waals surface area (Å²) in [4.78, 5) is 0. The highest BCUT2D eigenvalue weighted by atomic mass is 15.0. The van der Waals surface area contributed by atoms with E-state index in [1.807, 2.05) is 42.5 Å². The second-order valence-electron chi connectivity index (χ2n) is 14.0. The van der Waals surface area contributed by atoms with Crippen molar-refractivity contribution >= 4 is 65.4 Å². The number of para-hydroxylation sites is 5. The zero-order valence-electron chi connectivity index (χ0n) is 29.5. The Morgan fingerprint density at radius 2 is 0.745 bits per heavy atom. The summed E-state index contributed by atoms with van der Waals surface area (Å²) in [6.45, 7) is 0. The maximum atomic E-state index is 10.2. The van der Waals surface area contributed by atoms with Crippen LogP contribution in [0.2, 0.25) is 0 Å². The van der Waals surface area contributed by atoms with Crippen LogP contribution in [0.3, 0.4) is 0 Å². The molecule has 0 bridgehead atoms. The first kappa shape index (κ1) is 30.7. The molecule has 55 heavy (non-hydrogen) atoms. The predicted octanol–water partition coefficient (Wildman–Crippen LogP) is 12.4. The van der Waals surface area contributed by atoms with E-state index >= 15 is 0 Å². The van der Waals surface area contributed by atoms with Crippen molar-refractivity contribution in [3.63, 3.8) is 0 Å². The van der Waals surface area contributed by atoms with Gasteiger partial charge < -0.3 is 13.7 Å². The molecular weight excluding hydrogens is 671 g/mol. The second-order valence-corrected chi connectivity index (χ2v) is 14.0. The van der Waals surface area contributed by atoms with Crippen molar-refractivity contribution in [2.45, 2.75) is 0 Å². The van der Waals surface area contributed by atoms with Gasteiger partial charge in [0.25, 0.3) is 0 Å². The molecule has 0 amide bonds. The van der Waals surface area contributed by atoms with Gasteiger partial charge in [-0.25, -0.2) is 0 Å². The highest BCUT2D eigenvalue weighted by Crippen LogP contribution is 2.43. The zero-order valence-corrected chi connectivity index (χ0v) is 29.5. The van der Waals surface area contributed by atoms with Crippen LogP contribution in [0.4, 0.5) is 0 Å². The number of benzene rings is 8. The summed E-state index contributed by atoms with van der Waals surface area (Å²) in [5.41, 5.74) is 12.6. The largest absolute Gasteiger partial charge is 0.309 e. The fraction of sp³-hybridized carbons (Fsp3) is 0. The van der Waals surface area contributed by atoms with Gasteiger partial charge in [-0.3, -0.25) is 0 Å². The standard InChI is InChI=1S/C50H29N5/c51-30-32-24-26-38(48(28-32)55-44-20-9-4-15-37(44)39-27-25-33(31-52)29-49(39)55)36-14-3-8-19-43(36)54-45-21-10-5-16-40(45)50-46(22-11-23-47(50)54)53-41-17-6-1-12-34(41)35-13-2-7-18-42(35)53/h1-29H. The third-order valence-corrected chi connectivity index (χ3v) is 11.1. The lowest BCUT2D eigenvalue weighted by atomic mass is 9.99. The van der Waals surface area contributed by atoms with Crippen LogP contribution in [0.5, 0.6) is 0 Å². The number of nitriles is 2. The summed E-state index contributed by atoms with van der Waals surface area (Å²) in [7, 11) is 0. The van der Waals surface area contributed by atoms with Gasteiger partial charge in [0, 0.05) is 43.4 Å². The number of fused-ring (bicyclic) bond motifs is 9. The highest BCUT2D eigenvalue weighted by molar-refractivity contribution is 6.17. The lowest BCUT2D eigenvalue weighted by Crippen LogP contribution is -2.02. The lowest BCUT2D eigenvalue weighted by molar-refractivity contribution is 1.15. The zero-order chi connectivity index (χ0) is 36.6. The summed E-state index contributed by atoms with van der Waals surface area (Å²) >= 11 is 0. The quantitative estimate of drug-likeness (QED) is 0.184. The molecule has 3 aromatic heterocycles. The third-order valence-electron chi connectivity index (χ3n) is 11.1. The van der Waals surface area contributed by atoms with E-state index < -0.39 is 0 Å². The molecule has 8 aromatic carbocycles. The maximum Gasteiger partial charge on any atom is 0.0992 e. The Kier molecular flexibility index (Phi) is 6.61. The molecule has 11 rings (SSSR count). The van der Waals surface area contributed by atoms with E-state index in [0.717, 1.165) is 66.4 Å². The first-order valence-corrected chi connectivity index (χ1v) is 18.3. The molecule has 0 radical (unpaired) electrons. The van der Waals surface area contributed by atoms with Crippen LogP contribution in [0.15, 0.2) is 176 Å². The average molecular weight is 700 g/mol. The third kappa shape index (κ3) is 4.39.